The van der Waals surface area contributed by atoms with E-state index in [1.165, 1.54) is 11.8 Å². The van der Waals surface area contributed by atoms with Gasteiger partial charge in [0.2, 0.25) is 11.8 Å². The summed E-state index contributed by atoms with van der Waals surface area (Å²) in [5.74, 6) is -0.564. The lowest BCUT2D eigenvalue weighted by molar-refractivity contribution is -0.138. The van der Waals surface area contributed by atoms with E-state index in [1.54, 1.807) is 46.5 Å². The van der Waals surface area contributed by atoms with Gasteiger partial charge in [0.15, 0.2) is 5.60 Å². The van der Waals surface area contributed by atoms with Gasteiger partial charge in [-0.3, -0.25) is 9.59 Å². The average molecular weight is 517 g/mol. The van der Waals surface area contributed by atoms with Crippen LogP contribution < -0.4 is 19.5 Å². The van der Waals surface area contributed by atoms with Gasteiger partial charge >= 0.3 is 0 Å². The standard InChI is InChI=1S/C30H32N2O6/c1-18(33)31-29-23-16-15-22(37-5)17-24(23)38-30(29,20-11-13-21(36-4)14-12-20)26(19-9-7-6-8-10-19)25(27(29)34)28(35)32(2)3/h6-17,25-27,34H,1-5H3,(H,31,33)/t25-,26-,27-,29+,30+/m1/s1. The number of nitrogens with zero attached hydrogens (tertiary/aromatic N) is 1. The zero-order valence-electron chi connectivity index (χ0n) is 22.1. The Balaban J connectivity index is 1.91. The fourth-order valence-corrected chi connectivity index (χ4v) is 6.38. The second-order valence-corrected chi connectivity index (χ2v) is 10.0. The van der Waals surface area contributed by atoms with E-state index in [4.69, 9.17) is 14.2 Å². The Kier molecular flexibility index (Phi) is 6.31. The number of aliphatic hydroxyl groups excluding tert-OH is 1. The molecule has 0 aromatic heterocycles. The Labute approximate surface area is 222 Å². The Morgan fingerprint density at radius 1 is 0.947 bits per heavy atom. The van der Waals surface area contributed by atoms with Crippen molar-refractivity contribution in [2.75, 3.05) is 28.3 Å². The Bertz CT molecular complexity index is 1360. The first-order chi connectivity index (χ1) is 18.2. The van der Waals surface area contributed by atoms with Crippen LogP contribution in [0.4, 0.5) is 0 Å². The first-order valence-electron chi connectivity index (χ1n) is 12.5. The summed E-state index contributed by atoms with van der Waals surface area (Å²) in [6, 6.07) is 22.2. The maximum Gasteiger partial charge on any atom is 0.228 e. The van der Waals surface area contributed by atoms with Crippen molar-refractivity contribution >= 4 is 11.8 Å². The van der Waals surface area contributed by atoms with Gasteiger partial charge < -0.3 is 29.5 Å². The van der Waals surface area contributed by atoms with E-state index in [0.717, 1.165) is 5.56 Å². The van der Waals surface area contributed by atoms with Crippen molar-refractivity contribution in [3.63, 3.8) is 0 Å². The summed E-state index contributed by atoms with van der Waals surface area (Å²) in [4.78, 5) is 28.2. The molecule has 1 aliphatic heterocycles. The minimum Gasteiger partial charge on any atom is -0.497 e. The smallest absolute Gasteiger partial charge is 0.228 e. The molecule has 0 bridgehead atoms. The van der Waals surface area contributed by atoms with Gasteiger partial charge in [-0.15, -0.1) is 0 Å². The second-order valence-electron chi connectivity index (χ2n) is 10.0. The van der Waals surface area contributed by atoms with Gasteiger partial charge in [-0.2, -0.15) is 0 Å². The first-order valence-corrected chi connectivity index (χ1v) is 12.5. The molecule has 8 nitrogen and oxygen atoms in total. The van der Waals surface area contributed by atoms with E-state index in [-0.39, 0.29) is 11.8 Å². The van der Waals surface area contributed by atoms with Crippen LogP contribution in [0, 0.1) is 5.92 Å². The number of nitrogens with one attached hydrogen (secondary N) is 1. The molecule has 5 atom stereocenters. The molecule has 2 aliphatic rings. The van der Waals surface area contributed by atoms with E-state index in [1.807, 2.05) is 54.6 Å². The number of amides is 2. The topological polar surface area (TPSA) is 97.3 Å². The van der Waals surface area contributed by atoms with Crippen LogP contribution in [0.15, 0.2) is 72.8 Å². The van der Waals surface area contributed by atoms with Crippen LogP contribution in [0.5, 0.6) is 17.2 Å². The highest BCUT2D eigenvalue weighted by atomic mass is 16.5. The molecule has 5 rings (SSSR count). The fourth-order valence-electron chi connectivity index (χ4n) is 6.38. The molecule has 2 amide bonds. The Hall–Kier alpha value is -4.04. The maximum atomic E-state index is 13.8. The number of hydrogen-bond donors (Lipinski definition) is 2. The highest BCUT2D eigenvalue weighted by molar-refractivity contribution is 5.84. The van der Waals surface area contributed by atoms with Crippen LogP contribution in [-0.2, 0) is 20.7 Å². The number of carbonyl (C=O) groups is 2. The summed E-state index contributed by atoms with van der Waals surface area (Å²) in [6.45, 7) is 1.40. The van der Waals surface area contributed by atoms with Gasteiger partial charge in [0.25, 0.3) is 0 Å². The van der Waals surface area contributed by atoms with E-state index in [0.29, 0.717) is 28.4 Å². The average Bonchev–Trinajstić information content (AvgIpc) is 3.32. The monoisotopic (exact) mass is 516 g/mol. The van der Waals surface area contributed by atoms with E-state index in [9.17, 15) is 14.7 Å². The van der Waals surface area contributed by atoms with Crippen molar-refractivity contribution in [1.82, 2.24) is 10.2 Å². The number of carbonyl (C=O) groups excluding carboxylic acids is 2. The summed E-state index contributed by atoms with van der Waals surface area (Å²) >= 11 is 0. The largest absolute Gasteiger partial charge is 0.497 e. The summed E-state index contributed by atoms with van der Waals surface area (Å²) in [5.41, 5.74) is -0.826. The molecule has 8 heteroatoms. The van der Waals surface area contributed by atoms with Crippen molar-refractivity contribution in [2.24, 2.45) is 5.92 Å². The second kappa shape index (κ2) is 9.36. The van der Waals surface area contributed by atoms with Crippen molar-refractivity contribution < 1.29 is 28.9 Å². The third kappa shape index (κ3) is 3.47. The number of rotatable bonds is 6. The first kappa shape index (κ1) is 25.6. The predicted molar refractivity (Wildman–Crippen MR) is 141 cm³/mol. The maximum absolute atomic E-state index is 13.8. The summed E-state index contributed by atoms with van der Waals surface area (Å²) in [7, 11) is 6.47. The molecule has 2 N–H and O–H groups in total. The third-order valence-electron chi connectivity index (χ3n) is 7.83. The van der Waals surface area contributed by atoms with E-state index < -0.39 is 29.1 Å². The van der Waals surface area contributed by atoms with Crippen molar-refractivity contribution in [2.45, 2.75) is 30.1 Å². The van der Waals surface area contributed by atoms with Gasteiger partial charge in [0, 0.05) is 38.6 Å². The van der Waals surface area contributed by atoms with E-state index in [2.05, 4.69) is 5.32 Å². The third-order valence-corrected chi connectivity index (χ3v) is 7.83. The lowest BCUT2D eigenvalue weighted by Gasteiger charge is -2.44. The van der Waals surface area contributed by atoms with Crippen LogP contribution in [0.25, 0.3) is 0 Å². The minimum absolute atomic E-state index is 0.267. The molecule has 1 fully saturated rings. The lowest BCUT2D eigenvalue weighted by Crippen LogP contribution is -2.62. The van der Waals surface area contributed by atoms with Crippen molar-refractivity contribution in [1.29, 1.82) is 0 Å². The molecule has 1 aliphatic carbocycles. The number of benzene rings is 3. The van der Waals surface area contributed by atoms with Crippen molar-refractivity contribution in [3.05, 3.63) is 89.5 Å². The van der Waals surface area contributed by atoms with Crippen LogP contribution in [-0.4, -0.2) is 56.2 Å². The molecular weight excluding hydrogens is 484 g/mol. The van der Waals surface area contributed by atoms with Gasteiger partial charge in [0.05, 0.1) is 26.2 Å². The number of fused-ring (bicyclic) bond motifs is 3. The highest BCUT2D eigenvalue weighted by Gasteiger charge is 2.78. The molecule has 1 heterocycles. The zero-order valence-corrected chi connectivity index (χ0v) is 22.1. The zero-order chi connectivity index (χ0) is 27.2. The van der Waals surface area contributed by atoms with Gasteiger partial charge in [-0.25, -0.2) is 0 Å². The van der Waals surface area contributed by atoms with Gasteiger partial charge in [-0.1, -0.05) is 42.5 Å². The molecule has 0 saturated heterocycles. The van der Waals surface area contributed by atoms with Crippen molar-refractivity contribution in [3.8, 4) is 17.2 Å². The van der Waals surface area contributed by atoms with Gasteiger partial charge in [-0.05, 0) is 35.4 Å². The van der Waals surface area contributed by atoms with E-state index >= 15 is 0 Å². The summed E-state index contributed by atoms with van der Waals surface area (Å²) in [5, 5.41) is 15.4. The minimum atomic E-state index is -1.49. The van der Waals surface area contributed by atoms with Gasteiger partial charge in [0.1, 0.15) is 22.8 Å². The summed E-state index contributed by atoms with van der Waals surface area (Å²) in [6.07, 6.45) is -1.33. The number of hydrogen-bond acceptors (Lipinski definition) is 6. The van der Waals surface area contributed by atoms with Crippen LogP contribution >= 0.6 is 0 Å². The molecule has 1 saturated carbocycles. The van der Waals surface area contributed by atoms with Crippen LogP contribution in [0.2, 0.25) is 0 Å². The predicted octanol–water partition coefficient (Wildman–Crippen LogP) is 3.19. The normalized spacial score (nSPS) is 27.1. The molecule has 38 heavy (non-hydrogen) atoms. The molecule has 0 radical (unpaired) electrons. The Morgan fingerprint density at radius 3 is 2.16 bits per heavy atom. The number of ether oxygens (including phenoxy) is 3. The fraction of sp³-hybridized carbons (Fsp3) is 0.333. The summed E-state index contributed by atoms with van der Waals surface area (Å²) < 4.78 is 17.8. The molecule has 3 aromatic carbocycles. The highest BCUT2D eigenvalue weighted by Crippen LogP contribution is 2.68. The molecule has 0 spiro atoms. The number of aliphatic hydroxyl groups is 1. The molecular formula is C30H32N2O6. The lowest BCUT2D eigenvalue weighted by atomic mass is 9.68. The molecule has 3 aromatic rings. The number of methoxy groups -OCH3 is 2. The quantitative estimate of drug-likeness (QED) is 0.523. The molecule has 198 valence electrons. The SMILES string of the molecule is COc1ccc([C@@]23Oc4cc(OC)ccc4[C@]2(NC(C)=O)[C@H](O)[C@H](C(=O)N(C)C)[C@H]3c2ccccc2)cc1. The van der Waals surface area contributed by atoms with Crippen LogP contribution in [0.1, 0.15) is 29.5 Å². The molecule has 0 unspecified atom stereocenters. The van der Waals surface area contributed by atoms with Crippen LogP contribution in [0.3, 0.4) is 0 Å². The Morgan fingerprint density at radius 2 is 1.58 bits per heavy atom.